The van der Waals surface area contributed by atoms with Crippen LogP contribution in [-0.4, -0.2) is 34.9 Å². The van der Waals surface area contributed by atoms with E-state index in [-0.39, 0.29) is 11.9 Å². The predicted octanol–water partition coefficient (Wildman–Crippen LogP) is 4.37. The van der Waals surface area contributed by atoms with E-state index in [4.69, 9.17) is 0 Å². The molecule has 0 spiro atoms. The van der Waals surface area contributed by atoms with Crippen molar-refractivity contribution >= 4 is 11.7 Å². The number of hydrogen-bond donors (Lipinski definition) is 0. The van der Waals surface area contributed by atoms with Crippen LogP contribution >= 0.6 is 0 Å². The molecule has 0 atom stereocenters. The zero-order chi connectivity index (χ0) is 18.5. The molecule has 4 nitrogen and oxygen atoms in total. The lowest BCUT2D eigenvalue weighted by atomic mass is 9.99. The highest BCUT2D eigenvalue weighted by atomic mass is 16.2. The van der Waals surface area contributed by atoms with Gasteiger partial charge in [0.15, 0.2) is 0 Å². The van der Waals surface area contributed by atoms with Crippen molar-refractivity contribution in [1.29, 1.82) is 0 Å². The van der Waals surface area contributed by atoms with E-state index in [0.29, 0.717) is 6.54 Å². The van der Waals surface area contributed by atoms with E-state index < -0.39 is 0 Å². The summed E-state index contributed by atoms with van der Waals surface area (Å²) in [5, 5.41) is 0. The van der Waals surface area contributed by atoms with Crippen molar-refractivity contribution in [2.45, 2.75) is 46.2 Å². The molecule has 0 radical (unpaired) electrons. The maximum atomic E-state index is 13.2. The molecule has 1 fully saturated rings. The second kappa shape index (κ2) is 8.35. The van der Waals surface area contributed by atoms with E-state index in [0.717, 1.165) is 36.0 Å². The molecule has 1 aromatic heterocycles. The first-order valence-electron chi connectivity index (χ1n) is 9.60. The van der Waals surface area contributed by atoms with Gasteiger partial charge in [0, 0.05) is 37.4 Å². The molecule has 1 aliphatic rings. The highest BCUT2D eigenvalue weighted by Crippen LogP contribution is 2.23. The van der Waals surface area contributed by atoms with Crippen LogP contribution in [0.3, 0.4) is 0 Å². The smallest absolute Gasteiger partial charge is 0.254 e. The number of pyridine rings is 1. The molecule has 138 valence electrons. The van der Waals surface area contributed by atoms with Gasteiger partial charge in [-0.15, -0.1) is 0 Å². The SMILES string of the molecule is CC1CCN(c2cc(C(=O)N(Cc3ccccc3)C(C)C)ccn2)CC1. The minimum Gasteiger partial charge on any atom is -0.357 e. The van der Waals surface area contributed by atoms with E-state index in [9.17, 15) is 4.79 Å². The fourth-order valence-corrected chi connectivity index (χ4v) is 3.40. The van der Waals surface area contributed by atoms with Gasteiger partial charge in [0.25, 0.3) is 5.91 Å². The van der Waals surface area contributed by atoms with Crippen LogP contribution in [0.2, 0.25) is 0 Å². The van der Waals surface area contributed by atoms with E-state index in [1.807, 2.05) is 35.2 Å². The first-order chi connectivity index (χ1) is 12.5. The fourth-order valence-electron chi connectivity index (χ4n) is 3.40. The fraction of sp³-hybridized carbons (Fsp3) is 0.455. The molecular formula is C22H29N3O. The van der Waals surface area contributed by atoms with Crippen molar-refractivity contribution in [3.63, 3.8) is 0 Å². The van der Waals surface area contributed by atoms with Gasteiger partial charge in [0.2, 0.25) is 0 Å². The molecule has 26 heavy (non-hydrogen) atoms. The van der Waals surface area contributed by atoms with Gasteiger partial charge in [-0.25, -0.2) is 4.98 Å². The minimum absolute atomic E-state index is 0.0675. The van der Waals surface area contributed by atoms with Crippen LogP contribution < -0.4 is 4.90 Å². The number of carbonyl (C=O) groups excluding carboxylic acids is 1. The lowest BCUT2D eigenvalue weighted by Gasteiger charge is -2.32. The highest BCUT2D eigenvalue weighted by molar-refractivity contribution is 5.95. The summed E-state index contributed by atoms with van der Waals surface area (Å²) in [6, 6.07) is 14.1. The van der Waals surface area contributed by atoms with Crippen molar-refractivity contribution in [3.8, 4) is 0 Å². The molecule has 3 rings (SSSR count). The maximum Gasteiger partial charge on any atom is 0.254 e. The van der Waals surface area contributed by atoms with Crippen LogP contribution in [0.5, 0.6) is 0 Å². The lowest BCUT2D eigenvalue weighted by Crippen LogP contribution is -2.37. The summed E-state index contributed by atoms with van der Waals surface area (Å²) >= 11 is 0. The molecule has 2 heterocycles. The summed E-state index contributed by atoms with van der Waals surface area (Å²) in [5.74, 6) is 1.77. The highest BCUT2D eigenvalue weighted by Gasteiger charge is 2.22. The van der Waals surface area contributed by atoms with Gasteiger partial charge in [-0.05, 0) is 50.3 Å². The van der Waals surface area contributed by atoms with Gasteiger partial charge >= 0.3 is 0 Å². The molecule has 0 unspecified atom stereocenters. The van der Waals surface area contributed by atoms with Crippen LogP contribution in [0.25, 0.3) is 0 Å². The standard InChI is InChI=1S/C22H29N3O/c1-17(2)25(16-19-7-5-4-6-8-19)22(26)20-9-12-23-21(15-20)24-13-10-18(3)11-14-24/h4-9,12,15,17-18H,10-11,13-14,16H2,1-3H3. The quantitative estimate of drug-likeness (QED) is 0.803. The molecule has 4 heteroatoms. The zero-order valence-electron chi connectivity index (χ0n) is 16.1. The van der Waals surface area contributed by atoms with Crippen LogP contribution in [0.4, 0.5) is 5.82 Å². The Morgan fingerprint density at radius 2 is 1.88 bits per heavy atom. The van der Waals surface area contributed by atoms with Crippen molar-refractivity contribution < 1.29 is 4.79 Å². The van der Waals surface area contributed by atoms with E-state index >= 15 is 0 Å². The van der Waals surface area contributed by atoms with Gasteiger partial charge in [-0.3, -0.25) is 4.79 Å². The van der Waals surface area contributed by atoms with Crippen LogP contribution in [0, 0.1) is 5.92 Å². The molecule has 0 aliphatic carbocycles. The maximum absolute atomic E-state index is 13.2. The average Bonchev–Trinajstić information content (AvgIpc) is 2.67. The second-order valence-electron chi connectivity index (χ2n) is 7.58. The number of aromatic nitrogens is 1. The second-order valence-corrected chi connectivity index (χ2v) is 7.58. The van der Waals surface area contributed by atoms with Crippen LogP contribution in [0.1, 0.15) is 49.5 Å². The summed E-state index contributed by atoms with van der Waals surface area (Å²) in [5.41, 5.74) is 1.87. The first-order valence-corrected chi connectivity index (χ1v) is 9.60. The van der Waals surface area contributed by atoms with Gasteiger partial charge in [0.05, 0.1) is 0 Å². The summed E-state index contributed by atoms with van der Waals surface area (Å²) < 4.78 is 0. The molecular weight excluding hydrogens is 322 g/mol. The number of nitrogens with zero attached hydrogens (tertiary/aromatic N) is 3. The Hall–Kier alpha value is -2.36. The summed E-state index contributed by atoms with van der Waals surface area (Å²) in [6.45, 7) is 9.09. The Morgan fingerprint density at radius 1 is 1.19 bits per heavy atom. The number of hydrogen-bond acceptors (Lipinski definition) is 3. The zero-order valence-corrected chi connectivity index (χ0v) is 16.1. The Bertz CT molecular complexity index is 721. The third-order valence-corrected chi connectivity index (χ3v) is 5.18. The van der Waals surface area contributed by atoms with E-state index in [1.54, 1.807) is 6.20 Å². The average molecular weight is 351 g/mol. The van der Waals surface area contributed by atoms with Crippen molar-refractivity contribution in [2.24, 2.45) is 5.92 Å². The van der Waals surface area contributed by atoms with Crippen molar-refractivity contribution in [2.75, 3.05) is 18.0 Å². The number of rotatable bonds is 5. The van der Waals surface area contributed by atoms with Gasteiger partial charge < -0.3 is 9.80 Å². The third kappa shape index (κ3) is 4.43. The predicted molar refractivity (Wildman–Crippen MR) is 106 cm³/mol. The van der Waals surface area contributed by atoms with Crippen LogP contribution in [-0.2, 0) is 6.54 Å². The summed E-state index contributed by atoms with van der Waals surface area (Å²) in [7, 11) is 0. The Morgan fingerprint density at radius 3 is 2.54 bits per heavy atom. The topological polar surface area (TPSA) is 36.4 Å². The molecule has 1 saturated heterocycles. The van der Waals surface area contributed by atoms with E-state index in [1.165, 1.54) is 12.8 Å². The summed E-state index contributed by atoms with van der Waals surface area (Å²) in [6.07, 6.45) is 4.14. The van der Waals surface area contributed by atoms with Crippen LogP contribution in [0.15, 0.2) is 48.7 Å². The van der Waals surface area contributed by atoms with E-state index in [2.05, 4.69) is 42.8 Å². The van der Waals surface area contributed by atoms with Crippen molar-refractivity contribution in [3.05, 3.63) is 59.8 Å². The summed E-state index contributed by atoms with van der Waals surface area (Å²) in [4.78, 5) is 21.9. The number of anilines is 1. The van der Waals surface area contributed by atoms with Gasteiger partial charge in [-0.1, -0.05) is 37.3 Å². The molecule has 1 aliphatic heterocycles. The molecule has 1 amide bonds. The number of carbonyl (C=O) groups is 1. The van der Waals surface area contributed by atoms with Gasteiger partial charge in [0.1, 0.15) is 5.82 Å². The molecule has 0 N–H and O–H groups in total. The number of piperidine rings is 1. The largest absolute Gasteiger partial charge is 0.357 e. The molecule has 0 saturated carbocycles. The molecule has 0 bridgehead atoms. The first kappa shape index (κ1) is 18.4. The molecule has 1 aromatic carbocycles. The normalized spacial score (nSPS) is 15.3. The minimum atomic E-state index is 0.0675. The third-order valence-electron chi connectivity index (χ3n) is 5.18. The Labute approximate surface area is 156 Å². The Kier molecular flexibility index (Phi) is 5.92. The number of amides is 1. The van der Waals surface area contributed by atoms with Gasteiger partial charge in [-0.2, -0.15) is 0 Å². The molecule has 2 aromatic rings. The lowest BCUT2D eigenvalue weighted by molar-refractivity contribution is 0.0690. The Balaban J connectivity index is 1.78. The van der Waals surface area contributed by atoms with Crippen molar-refractivity contribution in [1.82, 2.24) is 9.88 Å². The monoisotopic (exact) mass is 351 g/mol. The number of benzene rings is 1.